The molecule has 0 radical (unpaired) electrons. The zero-order valence-corrected chi connectivity index (χ0v) is 20.7. The maximum absolute atomic E-state index is 13.9. The van der Waals surface area contributed by atoms with Crippen LogP contribution < -0.4 is 10.3 Å². The number of hydrogen-bond acceptors (Lipinski definition) is 7. The fraction of sp³-hybridized carbons (Fsp3) is 0.269. The first kappa shape index (κ1) is 24.9. The lowest BCUT2D eigenvalue weighted by molar-refractivity contribution is 0.144. The van der Waals surface area contributed by atoms with Crippen molar-refractivity contribution in [2.45, 2.75) is 39.4 Å². The second-order valence-corrected chi connectivity index (χ2v) is 9.29. The quantitative estimate of drug-likeness (QED) is 0.374. The average molecular weight is 526 g/mol. The molecular weight excluding hydrogens is 504 g/mol. The number of halogens is 3. The van der Waals surface area contributed by atoms with E-state index in [-0.39, 0.29) is 29.0 Å². The maximum Gasteiger partial charge on any atom is 0.277 e. The van der Waals surface area contributed by atoms with Crippen LogP contribution in [-0.4, -0.2) is 29.6 Å². The van der Waals surface area contributed by atoms with Crippen molar-refractivity contribution < 1.29 is 18.6 Å². The van der Waals surface area contributed by atoms with Crippen molar-refractivity contribution in [1.82, 2.24) is 24.5 Å². The van der Waals surface area contributed by atoms with Crippen LogP contribution in [0.25, 0.3) is 17.1 Å². The molecular formula is C26H22ClF2N5O3. The van der Waals surface area contributed by atoms with E-state index in [0.29, 0.717) is 40.2 Å². The predicted molar refractivity (Wildman–Crippen MR) is 132 cm³/mol. The summed E-state index contributed by atoms with van der Waals surface area (Å²) in [4.78, 5) is 30.1. The standard InChI is InChI=1S/C26H22ClF2N5O3/c1-13-10-31-19(18-5-6-30-25(33-18)24(35)15-3-4-15)9-21(13)34-14(2)7-22(23(27)26(34)36)37-12-20-17(29)8-16(28)11-32-20/h5-11,15,24,35H,3-4,12H2,1-2H3/t24-/m0/s1. The lowest BCUT2D eigenvalue weighted by Crippen LogP contribution is -2.23. The summed E-state index contributed by atoms with van der Waals surface area (Å²) in [7, 11) is 0. The molecule has 1 saturated carbocycles. The molecule has 0 saturated heterocycles. The van der Waals surface area contributed by atoms with Crippen molar-refractivity contribution >= 4 is 11.6 Å². The lowest BCUT2D eigenvalue weighted by Gasteiger charge is -2.17. The molecule has 11 heteroatoms. The first-order valence-corrected chi connectivity index (χ1v) is 11.9. The summed E-state index contributed by atoms with van der Waals surface area (Å²) in [6, 6.07) is 5.66. The van der Waals surface area contributed by atoms with Crippen molar-refractivity contribution in [2.75, 3.05) is 0 Å². The summed E-state index contributed by atoms with van der Waals surface area (Å²) in [5.74, 6) is -1.10. The van der Waals surface area contributed by atoms with Crippen LogP contribution in [0.4, 0.5) is 8.78 Å². The normalized spacial score (nSPS) is 14.0. The van der Waals surface area contributed by atoms with Crippen LogP contribution in [0.5, 0.6) is 5.75 Å². The number of aliphatic hydroxyl groups excluding tert-OH is 1. The van der Waals surface area contributed by atoms with E-state index in [4.69, 9.17) is 16.3 Å². The highest BCUT2D eigenvalue weighted by Crippen LogP contribution is 2.40. The fourth-order valence-corrected chi connectivity index (χ4v) is 4.15. The molecule has 1 aliphatic rings. The molecule has 0 bridgehead atoms. The summed E-state index contributed by atoms with van der Waals surface area (Å²) >= 11 is 6.36. The lowest BCUT2D eigenvalue weighted by atomic mass is 10.1. The van der Waals surface area contributed by atoms with Crippen LogP contribution in [0.15, 0.2) is 47.7 Å². The Hall–Kier alpha value is -3.76. The van der Waals surface area contributed by atoms with Gasteiger partial charge in [-0.25, -0.2) is 18.7 Å². The van der Waals surface area contributed by atoms with Gasteiger partial charge in [-0.15, -0.1) is 0 Å². The Bertz CT molecular complexity index is 1560. The molecule has 0 spiro atoms. The molecule has 5 rings (SSSR count). The highest BCUT2D eigenvalue weighted by atomic mass is 35.5. The Kier molecular flexibility index (Phi) is 6.70. The zero-order chi connectivity index (χ0) is 26.3. The van der Waals surface area contributed by atoms with Crippen LogP contribution in [0.2, 0.25) is 5.02 Å². The van der Waals surface area contributed by atoms with E-state index < -0.39 is 23.3 Å². The molecule has 1 fully saturated rings. The Morgan fingerprint density at radius 3 is 2.65 bits per heavy atom. The van der Waals surface area contributed by atoms with Crippen molar-refractivity contribution in [3.8, 4) is 22.8 Å². The largest absolute Gasteiger partial charge is 0.485 e. The van der Waals surface area contributed by atoms with E-state index in [2.05, 4.69) is 19.9 Å². The van der Waals surface area contributed by atoms with Gasteiger partial charge in [-0.05, 0) is 50.3 Å². The molecule has 190 valence electrons. The van der Waals surface area contributed by atoms with Crippen LogP contribution in [0, 0.1) is 31.4 Å². The van der Waals surface area contributed by atoms with Gasteiger partial charge in [0.2, 0.25) is 0 Å². The number of pyridine rings is 3. The third-order valence-electron chi connectivity index (χ3n) is 6.13. The van der Waals surface area contributed by atoms with Gasteiger partial charge in [-0.2, -0.15) is 0 Å². The number of ether oxygens (including phenoxy) is 1. The van der Waals surface area contributed by atoms with Crippen molar-refractivity contribution in [1.29, 1.82) is 0 Å². The summed E-state index contributed by atoms with van der Waals surface area (Å²) in [5, 5.41) is 10.2. The van der Waals surface area contributed by atoms with Gasteiger partial charge in [-0.1, -0.05) is 11.6 Å². The van der Waals surface area contributed by atoms with Gasteiger partial charge in [0, 0.05) is 30.2 Å². The topological polar surface area (TPSA) is 103 Å². The minimum absolute atomic E-state index is 0.0485. The van der Waals surface area contributed by atoms with Crippen LogP contribution in [0.3, 0.4) is 0 Å². The number of hydrogen-bond donors (Lipinski definition) is 1. The van der Waals surface area contributed by atoms with Crippen molar-refractivity contribution in [3.05, 3.63) is 92.6 Å². The van der Waals surface area contributed by atoms with Gasteiger partial charge in [0.1, 0.15) is 35.0 Å². The van der Waals surface area contributed by atoms with Crippen LogP contribution >= 0.6 is 11.6 Å². The monoisotopic (exact) mass is 525 g/mol. The molecule has 0 unspecified atom stereocenters. The Labute approximate surface area is 215 Å². The predicted octanol–water partition coefficient (Wildman–Crippen LogP) is 4.66. The van der Waals surface area contributed by atoms with Gasteiger partial charge in [-0.3, -0.25) is 19.3 Å². The number of nitrogens with zero attached hydrogens (tertiary/aromatic N) is 5. The number of aliphatic hydroxyl groups is 1. The van der Waals surface area contributed by atoms with E-state index in [0.717, 1.165) is 19.0 Å². The molecule has 0 aliphatic heterocycles. The maximum atomic E-state index is 13.9. The van der Waals surface area contributed by atoms with Crippen molar-refractivity contribution in [2.24, 2.45) is 5.92 Å². The third kappa shape index (κ3) is 5.07. The van der Waals surface area contributed by atoms with E-state index in [1.165, 1.54) is 4.57 Å². The second-order valence-electron chi connectivity index (χ2n) is 8.91. The van der Waals surface area contributed by atoms with E-state index in [9.17, 15) is 18.7 Å². The molecule has 1 N–H and O–H groups in total. The molecule has 37 heavy (non-hydrogen) atoms. The Balaban J connectivity index is 1.48. The van der Waals surface area contributed by atoms with Gasteiger partial charge in [0.25, 0.3) is 5.56 Å². The van der Waals surface area contributed by atoms with Crippen LogP contribution in [0.1, 0.15) is 41.7 Å². The van der Waals surface area contributed by atoms with Gasteiger partial charge in [0.15, 0.2) is 11.6 Å². The Morgan fingerprint density at radius 2 is 1.92 bits per heavy atom. The first-order valence-electron chi connectivity index (χ1n) is 11.6. The fourth-order valence-electron chi connectivity index (χ4n) is 3.96. The molecule has 0 amide bonds. The molecule has 1 atom stereocenters. The first-order chi connectivity index (χ1) is 17.7. The highest BCUT2D eigenvalue weighted by molar-refractivity contribution is 6.31. The molecule has 1 aliphatic carbocycles. The van der Waals surface area contributed by atoms with E-state index in [1.807, 2.05) is 6.92 Å². The molecule has 4 aromatic heterocycles. The third-order valence-corrected chi connectivity index (χ3v) is 6.48. The summed E-state index contributed by atoms with van der Waals surface area (Å²) < 4.78 is 34.0. The molecule has 8 nitrogen and oxygen atoms in total. The van der Waals surface area contributed by atoms with Crippen LogP contribution in [-0.2, 0) is 6.61 Å². The van der Waals surface area contributed by atoms with Crippen molar-refractivity contribution in [3.63, 3.8) is 0 Å². The average Bonchev–Trinajstić information content (AvgIpc) is 3.73. The Morgan fingerprint density at radius 1 is 1.14 bits per heavy atom. The highest BCUT2D eigenvalue weighted by Gasteiger charge is 2.32. The molecule has 4 aromatic rings. The van der Waals surface area contributed by atoms with Gasteiger partial charge in [0.05, 0.1) is 23.3 Å². The molecule has 0 aromatic carbocycles. The van der Waals surface area contributed by atoms with Gasteiger partial charge < -0.3 is 9.84 Å². The zero-order valence-electron chi connectivity index (χ0n) is 20.0. The summed E-state index contributed by atoms with van der Waals surface area (Å²) in [6.07, 6.45) is 5.24. The smallest absolute Gasteiger partial charge is 0.277 e. The number of rotatable bonds is 7. The minimum atomic E-state index is -0.862. The summed E-state index contributed by atoms with van der Waals surface area (Å²) in [6.45, 7) is 3.17. The van der Waals surface area contributed by atoms with E-state index >= 15 is 0 Å². The minimum Gasteiger partial charge on any atom is -0.485 e. The van der Waals surface area contributed by atoms with Gasteiger partial charge >= 0.3 is 0 Å². The SMILES string of the molecule is Cc1cnc(-c2ccnc([C@@H](O)C3CC3)n2)cc1-n1c(C)cc(OCc2ncc(F)cc2F)c(Cl)c1=O. The number of aryl methyl sites for hydroxylation is 2. The van der Waals surface area contributed by atoms with E-state index in [1.54, 1.807) is 37.5 Å². The molecule has 4 heterocycles. The summed E-state index contributed by atoms with van der Waals surface area (Å²) in [5.41, 5.74) is 2.09. The second kappa shape index (κ2) is 9.95. The number of aromatic nitrogens is 5.